The number of hydrogen-bond donors (Lipinski definition) is 1. The quantitative estimate of drug-likeness (QED) is 0.517. The van der Waals surface area contributed by atoms with Crippen molar-refractivity contribution in [2.45, 2.75) is 58.9 Å². The van der Waals surface area contributed by atoms with Crippen LogP contribution in [-0.2, 0) is 24.8 Å². The molecule has 32 heavy (non-hydrogen) atoms. The summed E-state index contributed by atoms with van der Waals surface area (Å²) in [6.45, 7) is 8.86. The number of hydrogen-bond acceptors (Lipinski definition) is 5. The summed E-state index contributed by atoms with van der Waals surface area (Å²) in [4.78, 5) is 26.8. The SMILES string of the molecule is CCn1c(=O)c2cnc(Nc3ccc4c(c3)CCC4)nc2n1-c1ccnc(C(C)(C)C)c1. The monoisotopic (exact) mass is 428 g/mol. The van der Waals surface area contributed by atoms with E-state index in [1.807, 2.05) is 23.7 Å². The van der Waals surface area contributed by atoms with Crippen LogP contribution in [0.25, 0.3) is 16.7 Å². The summed E-state index contributed by atoms with van der Waals surface area (Å²) in [7, 11) is 0. The van der Waals surface area contributed by atoms with Gasteiger partial charge < -0.3 is 5.32 Å². The molecule has 7 heteroatoms. The summed E-state index contributed by atoms with van der Waals surface area (Å²) in [6.07, 6.45) is 6.88. The largest absolute Gasteiger partial charge is 0.324 e. The number of nitrogens with zero attached hydrogens (tertiary/aromatic N) is 5. The molecule has 4 aromatic rings. The van der Waals surface area contributed by atoms with Gasteiger partial charge in [-0.05, 0) is 61.6 Å². The molecule has 0 unspecified atom stereocenters. The third-order valence-corrected chi connectivity index (χ3v) is 6.09. The Hall–Kier alpha value is -3.48. The molecule has 0 spiro atoms. The summed E-state index contributed by atoms with van der Waals surface area (Å²) in [5, 5.41) is 3.83. The number of aromatic nitrogens is 5. The maximum absolute atomic E-state index is 13.1. The maximum Gasteiger partial charge on any atom is 0.278 e. The summed E-state index contributed by atoms with van der Waals surface area (Å²) < 4.78 is 3.57. The molecule has 1 aliphatic carbocycles. The molecule has 0 bridgehead atoms. The van der Waals surface area contributed by atoms with Crippen LogP contribution in [0.3, 0.4) is 0 Å². The van der Waals surface area contributed by atoms with E-state index in [1.54, 1.807) is 17.1 Å². The first kappa shape index (κ1) is 20.4. The highest BCUT2D eigenvalue weighted by molar-refractivity contribution is 5.77. The topological polar surface area (TPSA) is 77.6 Å². The van der Waals surface area contributed by atoms with Gasteiger partial charge in [0.25, 0.3) is 5.56 Å². The predicted molar refractivity (Wildman–Crippen MR) is 127 cm³/mol. The molecular formula is C25H28N6O. The van der Waals surface area contributed by atoms with Gasteiger partial charge in [0.15, 0.2) is 5.65 Å². The van der Waals surface area contributed by atoms with Gasteiger partial charge in [-0.3, -0.25) is 9.78 Å². The number of fused-ring (bicyclic) bond motifs is 2. The van der Waals surface area contributed by atoms with Crippen LogP contribution in [0.5, 0.6) is 0 Å². The number of nitrogens with one attached hydrogen (secondary N) is 1. The van der Waals surface area contributed by atoms with E-state index in [0.717, 1.165) is 29.9 Å². The highest BCUT2D eigenvalue weighted by Crippen LogP contribution is 2.27. The molecule has 0 saturated heterocycles. The number of anilines is 2. The minimum atomic E-state index is -0.106. The zero-order valence-electron chi connectivity index (χ0n) is 19.0. The fraction of sp³-hybridized carbons (Fsp3) is 0.360. The van der Waals surface area contributed by atoms with E-state index in [1.165, 1.54) is 17.5 Å². The van der Waals surface area contributed by atoms with Crippen molar-refractivity contribution in [1.82, 2.24) is 24.3 Å². The predicted octanol–water partition coefficient (Wildman–Crippen LogP) is 4.53. The van der Waals surface area contributed by atoms with Crippen LogP contribution in [0.1, 0.15) is 50.9 Å². The summed E-state index contributed by atoms with van der Waals surface area (Å²) in [5.41, 5.74) is 5.98. The minimum absolute atomic E-state index is 0.0966. The van der Waals surface area contributed by atoms with Gasteiger partial charge in [-0.1, -0.05) is 26.8 Å². The third-order valence-electron chi connectivity index (χ3n) is 6.09. The Kier molecular flexibility index (Phi) is 4.84. The van der Waals surface area contributed by atoms with Gasteiger partial charge in [-0.2, -0.15) is 4.98 Å². The van der Waals surface area contributed by atoms with Gasteiger partial charge >= 0.3 is 0 Å². The lowest BCUT2D eigenvalue weighted by molar-refractivity contribution is 0.557. The van der Waals surface area contributed by atoms with Crippen molar-refractivity contribution in [3.05, 3.63) is 69.9 Å². The summed E-state index contributed by atoms with van der Waals surface area (Å²) >= 11 is 0. The van der Waals surface area contributed by atoms with Crippen molar-refractivity contribution in [3.63, 3.8) is 0 Å². The lowest BCUT2D eigenvalue weighted by Gasteiger charge is -2.19. The van der Waals surface area contributed by atoms with Crippen LogP contribution >= 0.6 is 0 Å². The van der Waals surface area contributed by atoms with E-state index in [9.17, 15) is 4.79 Å². The van der Waals surface area contributed by atoms with E-state index < -0.39 is 0 Å². The van der Waals surface area contributed by atoms with Gasteiger partial charge in [-0.15, -0.1) is 0 Å². The molecule has 3 aromatic heterocycles. The van der Waals surface area contributed by atoms with Crippen molar-refractivity contribution in [2.75, 3.05) is 5.32 Å². The average Bonchev–Trinajstić information content (AvgIpc) is 3.34. The van der Waals surface area contributed by atoms with E-state index in [0.29, 0.717) is 23.5 Å². The normalized spacial score (nSPS) is 13.5. The molecule has 0 saturated carbocycles. The summed E-state index contributed by atoms with van der Waals surface area (Å²) in [6, 6.07) is 10.4. The third kappa shape index (κ3) is 3.47. The first-order chi connectivity index (χ1) is 15.3. The van der Waals surface area contributed by atoms with Crippen molar-refractivity contribution in [1.29, 1.82) is 0 Å². The standard InChI is InChI=1S/C25H28N6O/c1-5-30-23(32)20-15-27-24(28-18-10-9-16-7-6-8-17(16)13-18)29-22(20)31(30)19-11-12-26-21(14-19)25(2,3)4/h9-15H,5-8H2,1-4H3,(H,27,28,29). The maximum atomic E-state index is 13.1. The highest BCUT2D eigenvalue weighted by Gasteiger charge is 2.20. The Morgan fingerprint density at radius 3 is 2.66 bits per heavy atom. The number of benzene rings is 1. The second kappa shape index (κ2) is 7.58. The molecule has 5 rings (SSSR count). The Morgan fingerprint density at radius 2 is 1.88 bits per heavy atom. The lowest BCUT2D eigenvalue weighted by atomic mass is 9.91. The first-order valence-corrected chi connectivity index (χ1v) is 11.2. The molecule has 7 nitrogen and oxygen atoms in total. The number of pyridine rings is 1. The zero-order valence-corrected chi connectivity index (χ0v) is 19.0. The van der Waals surface area contributed by atoms with E-state index in [2.05, 4.69) is 54.3 Å². The Balaban J connectivity index is 1.62. The number of rotatable bonds is 4. The van der Waals surface area contributed by atoms with Crippen LogP contribution in [0.4, 0.5) is 11.6 Å². The fourth-order valence-electron chi connectivity index (χ4n) is 4.38. The smallest absolute Gasteiger partial charge is 0.278 e. The van der Waals surface area contributed by atoms with Crippen LogP contribution in [0.2, 0.25) is 0 Å². The zero-order chi connectivity index (χ0) is 22.5. The van der Waals surface area contributed by atoms with Crippen molar-refractivity contribution in [3.8, 4) is 5.69 Å². The van der Waals surface area contributed by atoms with Crippen LogP contribution < -0.4 is 10.9 Å². The molecule has 0 fully saturated rings. The minimum Gasteiger partial charge on any atom is -0.324 e. The van der Waals surface area contributed by atoms with Gasteiger partial charge in [0.2, 0.25) is 5.95 Å². The fourth-order valence-corrected chi connectivity index (χ4v) is 4.38. The highest BCUT2D eigenvalue weighted by atomic mass is 16.1. The molecule has 1 aliphatic rings. The Labute approximate surface area is 187 Å². The van der Waals surface area contributed by atoms with Crippen molar-refractivity contribution >= 4 is 22.7 Å². The second-order valence-electron chi connectivity index (χ2n) is 9.37. The Morgan fingerprint density at radius 1 is 1.06 bits per heavy atom. The van der Waals surface area contributed by atoms with Crippen molar-refractivity contribution < 1.29 is 0 Å². The molecule has 1 aromatic carbocycles. The van der Waals surface area contributed by atoms with Gasteiger partial charge in [0.05, 0.1) is 5.69 Å². The Bertz CT molecular complexity index is 1380. The van der Waals surface area contributed by atoms with E-state index >= 15 is 0 Å². The van der Waals surface area contributed by atoms with Crippen LogP contribution in [-0.4, -0.2) is 24.3 Å². The van der Waals surface area contributed by atoms with Crippen molar-refractivity contribution in [2.24, 2.45) is 0 Å². The molecular weight excluding hydrogens is 400 g/mol. The lowest BCUT2D eigenvalue weighted by Crippen LogP contribution is -2.22. The summed E-state index contributed by atoms with van der Waals surface area (Å²) in [5.74, 6) is 0.475. The molecule has 0 amide bonds. The first-order valence-electron chi connectivity index (χ1n) is 11.2. The molecule has 0 atom stereocenters. The van der Waals surface area contributed by atoms with Gasteiger partial charge in [-0.25, -0.2) is 14.3 Å². The molecule has 0 radical (unpaired) electrons. The van der Waals surface area contributed by atoms with Crippen LogP contribution in [0, 0.1) is 0 Å². The van der Waals surface area contributed by atoms with Crippen LogP contribution in [0.15, 0.2) is 47.5 Å². The molecule has 3 heterocycles. The van der Waals surface area contributed by atoms with E-state index in [-0.39, 0.29) is 11.0 Å². The molecule has 0 aliphatic heterocycles. The number of aryl methyl sites for hydroxylation is 2. The molecule has 164 valence electrons. The van der Waals surface area contributed by atoms with Gasteiger partial charge in [0.1, 0.15) is 5.39 Å². The second-order valence-corrected chi connectivity index (χ2v) is 9.37. The molecule has 1 N–H and O–H groups in total. The van der Waals surface area contributed by atoms with Gasteiger partial charge in [0, 0.05) is 35.7 Å². The average molecular weight is 429 g/mol. The van der Waals surface area contributed by atoms with E-state index in [4.69, 9.17) is 4.98 Å².